The van der Waals surface area contributed by atoms with E-state index in [1.165, 1.54) is 7.11 Å². The second-order valence-electron chi connectivity index (χ2n) is 8.48. The topological polar surface area (TPSA) is 104 Å². The zero-order valence-corrected chi connectivity index (χ0v) is 16.3. The van der Waals surface area contributed by atoms with E-state index in [4.69, 9.17) is 4.74 Å². The van der Waals surface area contributed by atoms with Gasteiger partial charge in [-0.3, -0.25) is 9.59 Å². The first-order valence-corrected chi connectivity index (χ1v) is 9.51. The molecule has 3 atom stereocenters. The van der Waals surface area contributed by atoms with Crippen molar-refractivity contribution in [2.75, 3.05) is 7.11 Å². The number of carbonyl (C=O) groups excluding carboxylic acids is 1. The van der Waals surface area contributed by atoms with Crippen LogP contribution in [0.3, 0.4) is 0 Å². The van der Waals surface area contributed by atoms with Gasteiger partial charge in [0.1, 0.15) is 5.41 Å². The quantitative estimate of drug-likeness (QED) is 0.551. The van der Waals surface area contributed by atoms with Crippen molar-refractivity contribution in [1.29, 1.82) is 0 Å². The Hall–Kier alpha value is -2.24. The van der Waals surface area contributed by atoms with Crippen LogP contribution in [-0.4, -0.2) is 34.4 Å². The number of ether oxygens (including phenoxy) is 1. The minimum Gasteiger partial charge on any atom is -0.504 e. The Balaban J connectivity index is 2.30. The lowest BCUT2D eigenvalue weighted by atomic mass is 9.48. The zero-order chi connectivity index (χ0) is 20.1. The van der Waals surface area contributed by atoms with Gasteiger partial charge in [0.15, 0.2) is 11.5 Å². The molecule has 3 N–H and O–H groups in total. The number of hydrogen-bond acceptors (Lipinski definition) is 5. The molecule has 148 valence electrons. The Bertz CT molecular complexity index is 798. The fourth-order valence-corrected chi connectivity index (χ4v) is 5.50. The Kier molecular flexibility index (Phi) is 4.65. The summed E-state index contributed by atoms with van der Waals surface area (Å²) in [5.41, 5.74) is -0.713. The van der Waals surface area contributed by atoms with Crippen LogP contribution >= 0.6 is 0 Å². The number of hydrogen-bond donors (Lipinski definition) is 3. The van der Waals surface area contributed by atoms with Crippen molar-refractivity contribution >= 4 is 11.9 Å². The molecule has 3 rings (SSSR count). The first-order chi connectivity index (χ1) is 12.6. The monoisotopic (exact) mass is 376 g/mol. The Labute approximate surface area is 159 Å². The molecule has 0 aromatic heterocycles. The first-order valence-electron chi connectivity index (χ1n) is 9.51. The molecule has 0 saturated heterocycles. The van der Waals surface area contributed by atoms with E-state index in [1.54, 1.807) is 6.92 Å². The highest BCUT2D eigenvalue weighted by Gasteiger charge is 2.62. The van der Waals surface area contributed by atoms with Crippen molar-refractivity contribution in [2.24, 2.45) is 11.3 Å². The van der Waals surface area contributed by atoms with E-state index in [0.717, 1.165) is 5.56 Å². The van der Waals surface area contributed by atoms with E-state index in [2.05, 4.69) is 0 Å². The van der Waals surface area contributed by atoms with Gasteiger partial charge in [0, 0.05) is 11.1 Å². The number of benzene rings is 1. The van der Waals surface area contributed by atoms with Crippen LogP contribution in [0, 0.1) is 11.3 Å². The molecule has 2 aliphatic carbocycles. The van der Waals surface area contributed by atoms with Gasteiger partial charge in [-0.2, -0.15) is 0 Å². The normalized spacial score (nSPS) is 29.7. The van der Waals surface area contributed by atoms with Gasteiger partial charge < -0.3 is 20.1 Å². The SMILES string of the molecule is COC(=O)C1(C)CCC[C@]2(C(=O)O)c3c(cc(C(C)C)c(O)c3O)CCC12. The van der Waals surface area contributed by atoms with E-state index in [-0.39, 0.29) is 23.0 Å². The molecule has 6 nitrogen and oxygen atoms in total. The number of carboxylic acids is 1. The number of methoxy groups -OCH3 is 1. The van der Waals surface area contributed by atoms with Crippen LogP contribution in [-0.2, 0) is 26.2 Å². The standard InChI is InChI=1S/C21H28O6/c1-11(2)13-10-12-6-7-14-20(3,19(26)27-4)8-5-9-21(14,18(24)25)15(12)17(23)16(13)22/h10-11,14,22-23H,5-9H2,1-4H3,(H,24,25)/t14?,20?,21-/m1/s1. The molecule has 2 unspecified atom stereocenters. The number of aromatic hydroxyl groups is 2. The molecule has 0 bridgehead atoms. The summed E-state index contributed by atoms with van der Waals surface area (Å²) in [5.74, 6) is -2.59. The van der Waals surface area contributed by atoms with Crippen molar-refractivity contribution in [3.63, 3.8) is 0 Å². The van der Waals surface area contributed by atoms with Crippen molar-refractivity contribution in [1.82, 2.24) is 0 Å². The number of phenols is 2. The molecule has 1 fully saturated rings. The summed E-state index contributed by atoms with van der Waals surface area (Å²) in [6.07, 6.45) is 2.47. The third-order valence-corrected chi connectivity index (χ3v) is 6.82. The second-order valence-corrected chi connectivity index (χ2v) is 8.48. The van der Waals surface area contributed by atoms with Gasteiger partial charge in [-0.05, 0) is 50.0 Å². The van der Waals surface area contributed by atoms with E-state index in [1.807, 2.05) is 19.9 Å². The largest absolute Gasteiger partial charge is 0.504 e. The molecule has 0 heterocycles. The van der Waals surface area contributed by atoms with Gasteiger partial charge in [-0.15, -0.1) is 0 Å². The molecule has 0 amide bonds. The van der Waals surface area contributed by atoms with E-state index < -0.39 is 28.7 Å². The van der Waals surface area contributed by atoms with E-state index in [0.29, 0.717) is 37.7 Å². The average Bonchev–Trinajstić information content (AvgIpc) is 2.62. The zero-order valence-electron chi connectivity index (χ0n) is 16.3. The van der Waals surface area contributed by atoms with Gasteiger partial charge in [0.25, 0.3) is 0 Å². The van der Waals surface area contributed by atoms with Crippen LogP contribution < -0.4 is 0 Å². The maximum atomic E-state index is 12.6. The molecule has 6 heteroatoms. The van der Waals surface area contributed by atoms with Crippen LogP contribution in [0.15, 0.2) is 6.07 Å². The number of fused-ring (bicyclic) bond motifs is 3. The summed E-state index contributed by atoms with van der Waals surface area (Å²) >= 11 is 0. The number of aryl methyl sites for hydroxylation is 1. The Morgan fingerprint density at radius 1 is 1.22 bits per heavy atom. The second kappa shape index (κ2) is 6.43. The van der Waals surface area contributed by atoms with Crippen LogP contribution in [0.1, 0.15) is 69.1 Å². The molecule has 27 heavy (non-hydrogen) atoms. The lowest BCUT2D eigenvalue weighted by Crippen LogP contribution is -2.57. The predicted molar refractivity (Wildman–Crippen MR) is 99.0 cm³/mol. The molecule has 0 spiro atoms. The molecule has 0 aliphatic heterocycles. The van der Waals surface area contributed by atoms with Crippen LogP contribution in [0.4, 0.5) is 0 Å². The fourth-order valence-electron chi connectivity index (χ4n) is 5.50. The van der Waals surface area contributed by atoms with Crippen molar-refractivity contribution in [3.05, 3.63) is 22.8 Å². The van der Waals surface area contributed by atoms with Crippen molar-refractivity contribution < 1.29 is 29.6 Å². The van der Waals surface area contributed by atoms with E-state index >= 15 is 0 Å². The molecule has 1 saturated carbocycles. The Morgan fingerprint density at radius 2 is 1.89 bits per heavy atom. The summed E-state index contributed by atoms with van der Waals surface area (Å²) in [4.78, 5) is 25.2. The summed E-state index contributed by atoms with van der Waals surface area (Å²) in [5, 5.41) is 31.7. The number of esters is 1. The number of aliphatic carboxylic acids is 1. The minimum absolute atomic E-state index is 0.00797. The molecule has 2 aliphatic rings. The number of carbonyl (C=O) groups is 2. The van der Waals surface area contributed by atoms with Gasteiger partial charge in [-0.1, -0.05) is 26.3 Å². The smallest absolute Gasteiger partial charge is 0.314 e. The maximum absolute atomic E-state index is 12.6. The van der Waals surface area contributed by atoms with Gasteiger partial charge in [0.2, 0.25) is 0 Å². The summed E-state index contributed by atoms with van der Waals surface area (Å²) in [7, 11) is 1.32. The molecule has 1 aromatic rings. The third kappa shape index (κ3) is 2.52. The highest BCUT2D eigenvalue weighted by atomic mass is 16.5. The van der Waals surface area contributed by atoms with Gasteiger partial charge in [0.05, 0.1) is 12.5 Å². The third-order valence-electron chi connectivity index (χ3n) is 6.82. The summed E-state index contributed by atoms with van der Waals surface area (Å²) in [6, 6.07) is 1.82. The number of carboxylic acid groups (broad SMARTS) is 1. The van der Waals surface area contributed by atoms with Gasteiger partial charge >= 0.3 is 11.9 Å². The number of rotatable bonds is 3. The summed E-state index contributed by atoms with van der Waals surface area (Å²) < 4.78 is 5.02. The van der Waals surface area contributed by atoms with Crippen LogP contribution in [0.25, 0.3) is 0 Å². The molecule has 1 aromatic carbocycles. The highest BCUT2D eigenvalue weighted by Crippen LogP contribution is 2.61. The maximum Gasteiger partial charge on any atom is 0.314 e. The van der Waals surface area contributed by atoms with Crippen molar-refractivity contribution in [2.45, 2.75) is 64.2 Å². The van der Waals surface area contributed by atoms with Gasteiger partial charge in [-0.25, -0.2) is 0 Å². The summed E-state index contributed by atoms with van der Waals surface area (Å²) in [6.45, 7) is 5.59. The van der Waals surface area contributed by atoms with Crippen LogP contribution in [0.5, 0.6) is 11.5 Å². The number of phenolic OH excluding ortho intramolecular Hbond substituents is 2. The molecular formula is C21H28O6. The predicted octanol–water partition coefficient (Wildman–Crippen LogP) is 3.47. The fraction of sp³-hybridized carbons (Fsp3) is 0.619. The first kappa shape index (κ1) is 19.5. The Morgan fingerprint density at radius 3 is 2.44 bits per heavy atom. The minimum atomic E-state index is -1.41. The lowest BCUT2D eigenvalue weighted by molar-refractivity contribution is -0.168. The van der Waals surface area contributed by atoms with Crippen molar-refractivity contribution in [3.8, 4) is 11.5 Å². The molecular weight excluding hydrogens is 348 g/mol. The lowest BCUT2D eigenvalue weighted by Gasteiger charge is -2.53. The average molecular weight is 376 g/mol. The highest BCUT2D eigenvalue weighted by molar-refractivity contribution is 5.88. The van der Waals surface area contributed by atoms with E-state index in [9.17, 15) is 24.9 Å². The molecule has 0 radical (unpaired) electrons. The van der Waals surface area contributed by atoms with Crippen LogP contribution in [0.2, 0.25) is 0 Å².